The number of imidazole rings is 8. The van der Waals surface area contributed by atoms with Gasteiger partial charge in [-0.3, -0.25) is 38.8 Å². The summed E-state index contributed by atoms with van der Waals surface area (Å²) in [5, 5.41) is 32.2. The average Bonchev–Trinajstić information content (AvgIpc) is 0.969. The molecule has 8 aromatic heterocycles. The van der Waals surface area contributed by atoms with Gasteiger partial charge in [0, 0.05) is 202 Å². The van der Waals surface area contributed by atoms with Crippen LogP contribution in [0.15, 0.2) is 218 Å². The number of carbonyl (C=O) groups excluding carboxylic acids is 6. The minimum Gasteiger partial charge on any atom is -0.875 e. The largest absolute Gasteiger partial charge is 2.00 e. The Hall–Kier alpha value is -10.5. The minimum absolute atomic E-state index is 0. The molecule has 1 aromatic carbocycles. The zero-order chi connectivity index (χ0) is 67.6. The predicted molar refractivity (Wildman–Crippen MR) is 340 cm³/mol. The van der Waals surface area contributed by atoms with Crippen LogP contribution >= 0.6 is 0 Å². The van der Waals surface area contributed by atoms with Crippen LogP contribution < -0.4 is 10.2 Å². The van der Waals surface area contributed by atoms with E-state index in [2.05, 4.69) is 60.5 Å². The summed E-state index contributed by atoms with van der Waals surface area (Å²) in [6, 6.07) is 2.56. The Morgan fingerprint density at radius 3 is 0.641 bits per heavy atom. The molecule has 0 fully saturated rings. The van der Waals surface area contributed by atoms with Crippen LogP contribution in [-0.4, -0.2) is 124 Å². The molecule has 0 amide bonds. The number of carbonyl (C=O) groups is 6. The molecule has 0 radical (unpaired) electrons. The molecule has 0 N–H and O–H groups in total. The van der Waals surface area contributed by atoms with Crippen molar-refractivity contribution in [3.05, 3.63) is 219 Å². The molecule has 490 valence electrons. The van der Waals surface area contributed by atoms with E-state index in [1.807, 2.05) is 142 Å². The SMILES string of the molecule is CC(=O)C(=C[N-]c1cc(N=C/C(C(C)=O)=C(/C)[O-])c([N-]C=C(C(C)=O)C(C)=O)cc1N=C/C(C(C)=O)=C(/C)[O-])C(C)=O.Cn1ccnc1.Cn1ccnc1.Cn1ccnc1.Cn1ccnc1.Cn1ccnc1.Cn1ccnc1.Cn1ccnc1.Cn1ccnc1.[Fe+2].[Fe+2]. The molecule has 28 nitrogen and oxygen atoms in total. The van der Waals surface area contributed by atoms with Crippen molar-refractivity contribution < 1.29 is 73.1 Å². The monoisotopic (exact) mass is 1340 g/mol. The van der Waals surface area contributed by atoms with Crippen LogP contribution in [0.25, 0.3) is 10.6 Å². The number of benzene rings is 1. The van der Waals surface area contributed by atoms with Gasteiger partial charge in [0.25, 0.3) is 0 Å². The summed E-state index contributed by atoms with van der Waals surface area (Å²) in [5.41, 5.74) is -0.996. The van der Waals surface area contributed by atoms with E-state index >= 15 is 0 Å². The van der Waals surface area contributed by atoms with Crippen LogP contribution in [-0.2, 0) is 119 Å². The van der Waals surface area contributed by atoms with Crippen LogP contribution in [0.3, 0.4) is 0 Å². The average molecular weight is 1340 g/mol. The second-order valence-corrected chi connectivity index (χ2v) is 18.8. The van der Waals surface area contributed by atoms with E-state index in [0.717, 1.165) is 24.8 Å². The minimum atomic E-state index is -0.557. The van der Waals surface area contributed by atoms with Crippen molar-refractivity contribution in [1.82, 2.24) is 76.4 Å². The van der Waals surface area contributed by atoms with Crippen LogP contribution in [0, 0.1) is 0 Å². The first-order valence-corrected chi connectivity index (χ1v) is 26.9. The predicted octanol–water partition coefficient (Wildman–Crippen LogP) is 7.03. The van der Waals surface area contributed by atoms with Crippen LogP contribution in [0.2, 0.25) is 0 Å². The summed E-state index contributed by atoms with van der Waals surface area (Å²) in [4.78, 5) is 110. The van der Waals surface area contributed by atoms with E-state index in [-0.39, 0.29) is 79.2 Å². The fourth-order valence-corrected chi connectivity index (χ4v) is 5.83. The van der Waals surface area contributed by atoms with Crippen molar-refractivity contribution in [2.45, 2.75) is 55.4 Å². The Kier molecular flexibility index (Phi) is 43.1. The van der Waals surface area contributed by atoms with E-state index in [9.17, 15) is 39.0 Å². The number of aromatic nitrogens is 16. The van der Waals surface area contributed by atoms with Gasteiger partial charge in [-0.2, -0.15) is 12.4 Å². The summed E-state index contributed by atoms with van der Waals surface area (Å²) in [5.74, 6) is -4.46. The molecule has 0 saturated carbocycles. The topological polar surface area (TPSA) is 344 Å². The van der Waals surface area contributed by atoms with Crippen molar-refractivity contribution in [2.24, 2.45) is 66.4 Å². The molecule has 0 aliphatic rings. The second kappa shape index (κ2) is 47.5. The third-order valence-electron chi connectivity index (χ3n) is 10.5. The van der Waals surface area contributed by atoms with E-state index in [1.54, 1.807) is 100 Å². The zero-order valence-corrected chi connectivity index (χ0v) is 56.4. The molecule has 8 heterocycles. The molecule has 0 spiro atoms. The van der Waals surface area contributed by atoms with Gasteiger partial charge in [0.2, 0.25) is 0 Å². The Morgan fingerprint density at radius 1 is 0.348 bits per heavy atom. The fourth-order valence-electron chi connectivity index (χ4n) is 5.83. The first-order valence-electron chi connectivity index (χ1n) is 26.9. The summed E-state index contributed by atoms with van der Waals surface area (Å²) in [6.45, 7) is 9.41. The smallest absolute Gasteiger partial charge is 0.875 e. The number of nitrogens with zero attached hydrogens (tertiary/aromatic N) is 20. The van der Waals surface area contributed by atoms with Crippen molar-refractivity contribution >= 4 is 69.9 Å². The van der Waals surface area contributed by atoms with Crippen LogP contribution in [0.5, 0.6) is 0 Å². The molecule has 30 heteroatoms. The molecule has 0 unspecified atom stereocenters. The van der Waals surface area contributed by atoms with Gasteiger partial charge in [-0.05, 0) is 41.5 Å². The van der Waals surface area contributed by atoms with E-state index < -0.39 is 46.2 Å². The number of aliphatic imine (C=N–C) groups is 2. The summed E-state index contributed by atoms with van der Waals surface area (Å²) in [6.07, 6.45) is 47.2. The molecule has 0 aliphatic carbocycles. The van der Waals surface area contributed by atoms with Gasteiger partial charge in [0.15, 0.2) is 34.7 Å². The Labute approximate surface area is 557 Å². The normalized spacial score (nSPS) is 10.2. The van der Waals surface area contributed by atoms with E-state index in [4.69, 9.17) is 0 Å². The van der Waals surface area contributed by atoms with Crippen molar-refractivity contribution in [1.29, 1.82) is 0 Å². The number of hydrogen-bond donors (Lipinski definition) is 0. The van der Waals surface area contributed by atoms with Gasteiger partial charge in [-0.25, -0.2) is 39.9 Å². The quantitative estimate of drug-likeness (QED) is 0.0263. The maximum atomic E-state index is 11.9. The summed E-state index contributed by atoms with van der Waals surface area (Å²) < 4.78 is 15.1. The maximum absolute atomic E-state index is 11.9. The van der Waals surface area contributed by atoms with Crippen LogP contribution in [0.1, 0.15) is 55.4 Å². The molecule has 0 bridgehead atoms. The number of Topliss-reactive ketones (excluding diaryl/α,β-unsaturated/α-hetero) is 6. The van der Waals surface area contributed by atoms with Gasteiger partial charge < -0.3 is 57.4 Å². The summed E-state index contributed by atoms with van der Waals surface area (Å²) in [7, 11) is 15.5. The first kappa shape index (κ1) is 83.5. The Morgan fingerprint density at radius 2 is 0.533 bits per heavy atom. The fraction of sp³-hybridized carbons (Fsp3) is 0.258. The number of ketones is 6. The molecule has 92 heavy (non-hydrogen) atoms. The van der Waals surface area contributed by atoms with Gasteiger partial charge in [0.05, 0.1) is 50.6 Å². The van der Waals surface area contributed by atoms with E-state index in [0.29, 0.717) is 0 Å². The molecule has 9 rings (SSSR count). The zero-order valence-electron chi connectivity index (χ0n) is 54.2. The molecular weight excluding hydrogens is 1260 g/mol. The number of rotatable bonds is 14. The van der Waals surface area contributed by atoms with Gasteiger partial charge in [-0.15, -0.1) is 22.9 Å². The van der Waals surface area contributed by atoms with Gasteiger partial charge >= 0.3 is 34.1 Å². The molecule has 0 saturated heterocycles. The Balaban J connectivity index is 0. The van der Waals surface area contributed by atoms with Crippen molar-refractivity contribution in [2.75, 3.05) is 0 Å². The number of hydrogen-bond acceptors (Lipinski definition) is 18. The molecule has 0 atom stereocenters. The van der Waals surface area contributed by atoms with E-state index in [1.165, 1.54) is 67.5 Å². The third-order valence-corrected chi connectivity index (χ3v) is 10.5. The maximum Gasteiger partial charge on any atom is 2.00 e. The van der Waals surface area contributed by atoms with Gasteiger partial charge in [0.1, 0.15) is 0 Å². The van der Waals surface area contributed by atoms with Crippen LogP contribution in [0.4, 0.5) is 22.7 Å². The summed E-state index contributed by atoms with van der Waals surface area (Å²) >= 11 is 0. The molecular formula is C62H78Fe2N20O8. The second-order valence-electron chi connectivity index (χ2n) is 18.8. The van der Waals surface area contributed by atoms with Gasteiger partial charge in [-0.1, -0.05) is 26.0 Å². The standard InChI is InChI=1S/C30H34N4O8.8C4H6N2.2Fe/c1-15(35)23(16(2)36)11-31-27-9-29(33-13-25(19(5)39)20(6)40)30(34-14-26(21(7)41)22(8)42)10-28(27)32-12-24(17(3)37)18(4)38;8*1-6-3-2-5-4-6;;/h9-14H,1-8H3,(H4,31,32,33,34,35,36,37,38,39,40,41,42);8*2-4H,1H3;;/q;;;;;;;;;2*+2/p-4. The molecule has 0 aliphatic heterocycles. The van der Waals surface area contributed by atoms with Crippen molar-refractivity contribution in [3.63, 3.8) is 0 Å². The Bertz CT molecular complexity index is 3140. The first-order chi connectivity index (χ1) is 42.6. The third kappa shape index (κ3) is 38.0. The number of aryl methyl sites for hydroxylation is 8. The number of allylic oxidation sites excluding steroid dienone is 6. The molecule has 9 aromatic rings. The van der Waals surface area contributed by atoms with Crippen molar-refractivity contribution in [3.8, 4) is 0 Å².